The number of thiophene rings is 1. The average molecular weight is 604 g/mol. The minimum Gasteiger partial charge on any atom is -0.456 e. The van der Waals surface area contributed by atoms with Crippen LogP contribution in [0.15, 0.2) is 156 Å². The predicted molar refractivity (Wildman–Crippen MR) is 193 cm³/mol. The lowest BCUT2D eigenvalue weighted by molar-refractivity contribution is 0.669. The second-order valence-electron chi connectivity index (χ2n) is 11.6. The number of rotatable bonds is 4. The Hall–Kier alpha value is -5.95. The van der Waals surface area contributed by atoms with Gasteiger partial charge in [-0.15, -0.1) is 11.3 Å². The summed E-state index contributed by atoms with van der Waals surface area (Å²) < 4.78 is 8.76. The van der Waals surface area contributed by atoms with E-state index in [4.69, 9.17) is 4.42 Å². The van der Waals surface area contributed by atoms with Crippen molar-refractivity contribution in [2.24, 2.45) is 0 Å². The first-order valence-electron chi connectivity index (χ1n) is 15.3. The van der Waals surface area contributed by atoms with Crippen LogP contribution in [0.1, 0.15) is 5.56 Å². The van der Waals surface area contributed by atoms with Gasteiger partial charge in [-0.2, -0.15) is 5.26 Å². The molecule has 0 bridgehead atoms. The van der Waals surface area contributed by atoms with E-state index in [1.165, 1.54) is 20.2 Å². The molecule has 2 heterocycles. The van der Waals surface area contributed by atoms with Crippen molar-refractivity contribution >= 4 is 53.4 Å². The molecule has 2 nitrogen and oxygen atoms in total. The van der Waals surface area contributed by atoms with Gasteiger partial charge in [0.25, 0.3) is 0 Å². The first-order valence-corrected chi connectivity index (χ1v) is 16.1. The quantitative estimate of drug-likeness (QED) is 0.201. The summed E-state index contributed by atoms with van der Waals surface area (Å²) in [6.07, 6.45) is 0. The zero-order valence-corrected chi connectivity index (χ0v) is 25.5. The SMILES string of the molecule is N#Cc1ccccc1-c1cc(-c2ccc3sc4ccccc4c3c2)c(-c2ccc3oc4ccccc4c3c2)cc1-c1ccccc1. The standard InChI is InChI=1S/C43H25NOS/c44-26-30-12-4-5-13-31(30)37-25-36(29-19-21-43-39(23-29)33-15-7-9-17-42(33)46-43)35(24-34(37)27-10-2-1-3-11-27)28-18-20-41-38(22-28)32-14-6-8-16-40(32)45-41/h1-25H. The van der Waals surface area contributed by atoms with Crippen LogP contribution >= 0.6 is 11.3 Å². The molecule has 214 valence electrons. The molecule has 0 saturated heterocycles. The number of hydrogen-bond acceptors (Lipinski definition) is 3. The van der Waals surface area contributed by atoms with E-state index >= 15 is 0 Å². The Bertz CT molecular complexity index is 2650. The first-order chi connectivity index (χ1) is 22.7. The van der Waals surface area contributed by atoms with E-state index < -0.39 is 0 Å². The normalized spacial score (nSPS) is 11.5. The van der Waals surface area contributed by atoms with Gasteiger partial charge in [0.05, 0.1) is 11.6 Å². The van der Waals surface area contributed by atoms with Crippen molar-refractivity contribution in [3.05, 3.63) is 157 Å². The summed E-state index contributed by atoms with van der Waals surface area (Å²) in [7, 11) is 0. The zero-order valence-electron chi connectivity index (χ0n) is 24.7. The Labute approximate surface area is 270 Å². The number of fused-ring (bicyclic) bond motifs is 6. The molecule has 0 spiro atoms. The van der Waals surface area contributed by atoms with Crippen LogP contribution in [0.5, 0.6) is 0 Å². The van der Waals surface area contributed by atoms with Gasteiger partial charge in [0.1, 0.15) is 11.2 Å². The van der Waals surface area contributed by atoms with Crippen molar-refractivity contribution in [2.45, 2.75) is 0 Å². The molecular formula is C43H25NOS. The molecule has 46 heavy (non-hydrogen) atoms. The van der Waals surface area contributed by atoms with Crippen LogP contribution in [-0.2, 0) is 0 Å². The molecule has 0 radical (unpaired) electrons. The van der Waals surface area contributed by atoms with Crippen molar-refractivity contribution in [1.82, 2.24) is 0 Å². The molecular weight excluding hydrogens is 579 g/mol. The lowest BCUT2D eigenvalue weighted by atomic mass is 9.84. The Morgan fingerprint density at radius 2 is 1.02 bits per heavy atom. The van der Waals surface area contributed by atoms with Crippen molar-refractivity contribution in [1.29, 1.82) is 5.26 Å². The lowest BCUT2D eigenvalue weighted by Gasteiger charge is -2.19. The molecule has 0 aliphatic carbocycles. The molecule has 0 N–H and O–H groups in total. The van der Waals surface area contributed by atoms with Crippen molar-refractivity contribution in [3.8, 4) is 50.6 Å². The summed E-state index contributed by atoms with van der Waals surface area (Å²) in [6, 6.07) is 55.6. The maximum Gasteiger partial charge on any atom is 0.135 e. The van der Waals surface area contributed by atoms with Crippen molar-refractivity contribution in [3.63, 3.8) is 0 Å². The average Bonchev–Trinajstić information content (AvgIpc) is 3.69. The zero-order chi connectivity index (χ0) is 30.6. The van der Waals surface area contributed by atoms with E-state index in [9.17, 15) is 5.26 Å². The Morgan fingerprint density at radius 1 is 0.413 bits per heavy atom. The van der Waals surface area contributed by atoms with E-state index in [2.05, 4.69) is 121 Å². The molecule has 0 atom stereocenters. The third kappa shape index (κ3) is 4.24. The smallest absolute Gasteiger partial charge is 0.135 e. The monoisotopic (exact) mass is 603 g/mol. The van der Waals surface area contributed by atoms with Gasteiger partial charge in [0.2, 0.25) is 0 Å². The Morgan fingerprint density at radius 3 is 1.87 bits per heavy atom. The fourth-order valence-electron chi connectivity index (χ4n) is 6.76. The topological polar surface area (TPSA) is 36.9 Å². The van der Waals surface area contributed by atoms with E-state index in [-0.39, 0.29) is 0 Å². The van der Waals surface area contributed by atoms with E-state index in [0.717, 1.165) is 66.4 Å². The van der Waals surface area contributed by atoms with Crippen molar-refractivity contribution in [2.75, 3.05) is 0 Å². The van der Waals surface area contributed by atoms with Gasteiger partial charge >= 0.3 is 0 Å². The van der Waals surface area contributed by atoms with Crippen LogP contribution in [0.25, 0.3) is 86.6 Å². The summed E-state index contributed by atoms with van der Waals surface area (Å²) >= 11 is 1.83. The molecule has 0 fully saturated rings. The Kier molecular flexibility index (Phi) is 6.09. The predicted octanol–water partition coefficient (Wildman–Crippen LogP) is 12.5. The largest absolute Gasteiger partial charge is 0.456 e. The summed E-state index contributed by atoms with van der Waals surface area (Å²) in [5.41, 5.74) is 11.1. The van der Waals surface area contributed by atoms with Crippen LogP contribution in [0.3, 0.4) is 0 Å². The van der Waals surface area contributed by atoms with E-state index in [0.29, 0.717) is 5.56 Å². The fraction of sp³-hybridized carbons (Fsp3) is 0. The number of furan rings is 1. The molecule has 2 aromatic heterocycles. The van der Waals surface area contributed by atoms with Gasteiger partial charge < -0.3 is 4.42 Å². The highest BCUT2D eigenvalue weighted by Gasteiger charge is 2.19. The summed E-state index contributed by atoms with van der Waals surface area (Å²) in [4.78, 5) is 0. The molecule has 0 aliphatic heterocycles. The van der Waals surface area contributed by atoms with Crippen LogP contribution in [0.2, 0.25) is 0 Å². The number of nitriles is 1. The molecule has 9 rings (SSSR count). The molecule has 3 heteroatoms. The minimum atomic E-state index is 0.656. The number of hydrogen-bond donors (Lipinski definition) is 0. The van der Waals surface area contributed by atoms with Crippen LogP contribution < -0.4 is 0 Å². The van der Waals surface area contributed by atoms with E-state index in [1.807, 2.05) is 47.7 Å². The fourth-order valence-corrected chi connectivity index (χ4v) is 7.85. The lowest BCUT2D eigenvalue weighted by Crippen LogP contribution is -1.94. The first kappa shape index (κ1) is 26.5. The summed E-state index contributed by atoms with van der Waals surface area (Å²) in [5.74, 6) is 0. The molecule has 0 amide bonds. The highest BCUT2D eigenvalue weighted by Crippen LogP contribution is 2.45. The minimum absolute atomic E-state index is 0.656. The second-order valence-corrected chi connectivity index (χ2v) is 12.7. The summed E-state index contributed by atoms with van der Waals surface area (Å²) in [5, 5.41) is 14.9. The number of benzene rings is 7. The summed E-state index contributed by atoms with van der Waals surface area (Å²) in [6.45, 7) is 0. The van der Waals surface area contributed by atoms with Crippen LogP contribution in [0, 0.1) is 11.3 Å². The van der Waals surface area contributed by atoms with Gasteiger partial charge in [-0.25, -0.2) is 0 Å². The van der Waals surface area contributed by atoms with Gasteiger partial charge in [-0.3, -0.25) is 0 Å². The highest BCUT2D eigenvalue weighted by atomic mass is 32.1. The molecule has 7 aromatic carbocycles. The van der Waals surface area contributed by atoms with Crippen molar-refractivity contribution < 1.29 is 4.42 Å². The van der Waals surface area contributed by atoms with E-state index in [1.54, 1.807) is 0 Å². The van der Waals surface area contributed by atoms with Crippen LogP contribution in [-0.4, -0.2) is 0 Å². The molecule has 0 saturated carbocycles. The Balaban J connectivity index is 1.38. The highest BCUT2D eigenvalue weighted by molar-refractivity contribution is 7.25. The van der Waals surface area contributed by atoms with Gasteiger partial charge in [-0.1, -0.05) is 97.1 Å². The maximum absolute atomic E-state index is 10.2. The molecule has 9 aromatic rings. The van der Waals surface area contributed by atoms with Crippen LogP contribution in [0.4, 0.5) is 0 Å². The molecule has 0 aliphatic rings. The van der Waals surface area contributed by atoms with Gasteiger partial charge in [0.15, 0.2) is 0 Å². The third-order valence-electron chi connectivity index (χ3n) is 8.96. The maximum atomic E-state index is 10.2. The molecule has 0 unspecified atom stereocenters. The second kappa shape index (κ2) is 10.6. The van der Waals surface area contributed by atoms with Gasteiger partial charge in [-0.05, 0) is 93.5 Å². The number of para-hydroxylation sites is 1. The number of nitrogens with zero attached hydrogens (tertiary/aromatic N) is 1. The third-order valence-corrected chi connectivity index (χ3v) is 10.1. The van der Waals surface area contributed by atoms with Gasteiger partial charge in [0, 0.05) is 36.5 Å².